The Bertz CT molecular complexity index is 685. The van der Waals surface area contributed by atoms with Gasteiger partial charge in [0.05, 0.1) is 16.7 Å². The summed E-state index contributed by atoms with van der Waals surface area (Å²) in [6.45, 7) is 0. The van der Waals surface area contributed by atoms with Crippen LogP contribution in [-0.4, -0.2) is 5.91 Å². The summed E-state index contributed by atoms with van der Waals surface area (Å²) in [5, 5.41) is 12.9. The number of hydrogen-bond acceptors (Lipinski definition) is 3. The first-order valence-corrected chi connectivity index (χ1v) is 6.26. The summed E-state index contributed by atoms with van der Waals surface area (Å²) in [4.78, 5) is 11.9. The van der Waals surface area contributed by atoms with Gasteiger partial charge in [0.2, 0.25) is 0 Å². The first kappa shape index (κ1) is 14.1. The van der Waals surface area contributed by atoms with Crippen LogP contribution in [0.4, 0.5) is 18.2 Å². The molecule has 0 saturated heterocycles. The maximum atomic E-state index is 12.8. The summed E-state index contributed by atoms with van der Waals surface area (Å²) in [5.41, 5.74) is -1.27. The minimum Gasteiger partial charge on any atom is -0.312 e. The van der Waals surface area contributed by atoms with E-state index in [1.165, 1.54) is 18.2 Å². The van der Waals surface area contributed by atoms with Crippen molar-refractivity contribution < 1.29 is 18.0 Å². The second-order valence-corrected chi connectivity index (χ2v) is 4.69. The van der Waals surface area contributed by atoms with Gasteiger partial charge in [-0.2, -0.15) is 18.4 Å². The molecule has 0 unspecified atom stereocenters. The Hall–Kier alpha value is -2.33. The Kier molecular flexibility index (Phi) is 3.77. The summed E-state index contributed by atoms with van der Waals surface area (Å²) >= 11 is 1.07. The number of rotatable bonds is 2. The van der Waals surface area contributed by atoms with Gasteiger partial charge in [-0.1, -0.05) is 12.1 Å². The third kappa shape index (κ3) is 2.81. The third-order valence-electron chi connectivity index (χ3n) is 2.49. The molecule has 0 spiro atoms. The zero-order valence-electron chi connectivity index (χ0n) is 9.86. The van der Waals surface area contributed by atoms with E-state index >= 15 is 0 Å². The topological polar surface area (TPSA) is 52.9 Å². The maximum absolute atomic E-state index is 12.8. The second kappa shape index (κ2) is 5.35. The van der Waals surface area contributed by atoms with E-state index in [0.29, 0.717) is 0 Å². The molecule has 0 radical (unpaired) electrons. The van der Waals surface area contributed by atoms with Crippen LogP contribution in [-0.2, 0) is 6.18 Å². The van der Waals surface area contributed by atoms with Gasteiger partial charge >= 0.3 is 6.18 Å². The highest BCUT2D eigenvalue weighted by molar-refractivity contribution is 7.14. The number of thiophene rings is 1. The van der Waals surface area contributed by atoms with Gasteiger partial charge in [-0.05, 0) is 23.6 Å². The van der Waals surface area contributed by atoms with Crippen LogP contribution in [0.3, 0.4) is 0 Å². The van der Waals surface area contributed by atoms with Gasteiger partial charge in [-0.15, -0.1) is 11.3 Å². The lowest BCUT2D eigenvalue weighted by Gasteiger charge is -2.12. The number of anilines is 1. The standard InChI is InChI=1S/C13H7F3N2OS/c14-13(15,16)10-4-2-1-3-9(10)11(19)18-12-8(7-17)5-6-20-12/h1-6H,(H,18,19). The maximum Gasteiger partial charge on any atom is 0.417 e. The van der Waals surface area contributed by atoms with E-state index in [2.05, 4.69) is 5.32 Å². The number of halogens is 3. The Morgan fingerprint density at radius 2 is 1.95 bits per heavy atom. The molecule has 2 aromatic rings. The largest absolute Gasteiger partial charge is 0.417 e. The van der Waals surface area contributed by atoms with Crippen molar-refractivity contribution in [3.8, 4) is 6.07 Å². The molecule has 0 fully saturated rings. The fraction of sp³-hybridized carbons (Fsp3) is 0.0769. The average Bonchev–Trinajstić information content (AvgIpc) is 2.85. The number of amides is 1. The molecule has 0 aliphatic heterocycles. The molecule has 0 atom stereocenters. The number of nitriles is 1. The van der Waals surface area contributed by atoms with Crippen molar-refractivity contribution in [3.05, 3.63) is 52.4 Å². The van der Waals surface area contributed by atoms with Crippen molar-refractivity contribution in [1.29, 1.82) is 5.26 Å². The van der Waals surface area contributed by atoms with Gasteiger partial charge in [0, 0.05) is 0 Å². The van der Waals surface area contributed by atoms with E-state index in [-0.39, 0.29) is 10.6 Å². The van der Waals surface area contributed by atoms with Crippen LogP contribution in [0.25, 0.3) is 0 Å². The summed E-state index contributed by atoms with van der Waals surface area (Å²) in [6.07, 6.45) is -4.61. The molecular weight excluding hydrogens is 289 g/mol. The molecule has 1 heterocycles. The van der Waals surface area contributed by atoms with Crippen molar-refractivity contribution in [1.82, 2.24) is 0 Å². The molecule has 1 amide bonds. The van der Waals surface area contributed by atoms with E-state index in [9.17, 15) is 18.0 Å². The Balaban J connectivity index is 2.34. The minimum absolute atomic E-state index is 0.216. The predicted molar refractivity (Wildman–Crippen MR) is 68.4 cm³/mol. The molecule has 1 N–H and O–H groups in total. The van der Waals surface area contributed by atoms with Crippen LogP contribution in [0, 0.1) is 11.3 Å². The highest BCUT2D eigenvalue weighted by atomic mass is 32.1. The molecule has 0 aliphatic rings. The van der Waals surface area contributed by atoms with Gasteiger partial charge < -0.3 is 5.32 Å². The Morgan fingerprint density at radius 3 is 2.60 bits per heavy atom. The summed E-state index contributed by atoms with van der Waals surface area (Å²) in [7, 11) is 0. The van der Waals surface area contributed by atoms with Crippen molar-refractivity contribution >= 4 is 22.2 Å². The first-order valence-electron chi connectivity index (χ1n) is 5.38. The molecule has 0 bridgehead atoms. The second-order valence-electron chi connectivity index (χ2n) is 3.77. The molecule has 3 nitrogen and oxygen atoms in total. The highest BCUT2D eigenvalue weighted by Gasteiger charge is 2.34. The SMILES string of the molecule is N#Cc1ccsc1NC(=O)c1ccccc1C(F)(F)F. The van der Waals surface area contributed by atoms with Gasteiger partial charge in [0.15, 0.2) is 0 Å². The van der Waals surface area contributed by atoms with E-state index in [1.807, 2.05) is 6.07 Å². The van der Waals surface area contributed by atoms with Crippen molar-refractivity contribution in [2.24, 2.45) is 0 Å². The van der Waals surface area contributed by atoms with Gasteiger partial charge in [-0.3, -0.25) is 4.79 Å². The number of alkyl halides is 3. The van der Waals surface area contributed by atoms with Crippen molar-refractivity contribution in [2.45, 2.75) is 6.18 Å². The van der Waals surface area contributed by atoms with Crippen LogP contribution in [0.15, 0.2) is 35.7 Å². The molecule has 0 aliphatic carbocycles. The quantitative estimate of drug-likeness (QED) is 0.914. The number of nitrogens with one attached hydrogen (secondary N) is 1. The van der Waals surface area contributed by atoms with Crippen molar-refractivity contribution in [2.75, 3.05) is 5.32 Å². The predicted octanol–water partition coefficient (Wildman–Crippen LogP) is 3.89. The van der Waals surface area contributed by atoms with E-state index in [0.717, 1.165) is 23.5 Å². The minimum atomic E-state index is -4.61. The Labute approximate surface area is 116 Å². The lowest BCUT2D eigenvalue weighted by Crippen LogP contribution is -2.18. The fourth-order valence-electron chi connectivity index (χ4n) is 1.59. The zero-order valence-corrected chi connectivity index (χ0v) is 10.7. The van der Waals surface area contributed by atoms with E-state index in [4.69, 9.17) is 5.26 Å². The van der Waals surface area contributed by atoms with Crippen LogP contribution >= 0.6 is 11.3 Å². The summed E-state index contributed by atoms with van der Waals surface area (Å²) in [6, 6.07) is 7.83. The summed E-state index contributed by atoms with van der Waals surface area (Å²) in [5.74, 6) is -0.892. The van der Waals surface area contributed by atoms with Gasteiger partial charge in [0.1, 0.15) is 11.1 Å². The van der Waals surface area contributed by atoms with Gasteiger partial charge in [-0.25, -0.2) is 0 Å². The summed E-state index contributed by atoms with van der Waals surface area (Å²) < 4.78 is 38.4. The molecule has 1 aromatic carbocycles. The molecule has 7 heteroatoms. The van der Waals surface area contributed by atoms with Gasteiger partial charge in [0.25, 0.3) is 5.91 Å². The smallest absolute Gasteiger partial charge is 0.312 e. The number of carbonyl (C=O) groups is 1. The number of hydrogen-bond donors (Lipinski definition) is 1. The number of nitrogens with zero attached hydrogens (tertiary/aromatic N) is 1. The molecule has 0 saturated carbocycles. The fourth-order valence-corrected chi connectivity index (χ4v) is 2.33. The first-order chi connectivity index (χ1) is 9.43. The van der Waals surface area contributed by atoms with Crippen LogP contribution < -0.4 is 5.32 Å². The molecule has 2 rings (SSSR count). The van der Waals surface area contributed by atoms with Crippen LogP contribution in [0.5, 0.6) is 0 Å². The normalized spacial score (nSPS) is 10.9. The zero-order chi connectivity index (χ0) is 14.8. The highest BCUT2D eigenvalue weighted by Crippen LogP contribution is 2.32. The molecule has 20 heavy (non-hydrogen) atoms. The molecular formula is C13H7F3N2OS. The number of benzene rings is 1. The van der Waals surface area contributed by atoms with Crippen LogP contribution in [0.2, 0.25) is 0 Å². The number of carbonyl (C=O) groups excluding carboxylic acids is 1. The van der Waals surface area contributed by atoms with Crippen molar-refractivity contribution in [3.63, 3.8) is 0 Å². The molecule has 102 valence electrons. The van der Waals surface area contributed by atoms with E-state index < -0.39 is 23.2 Å². The lowest BCUT2D eigenvalue weighted by atomic mass is 10.1. The molecule has 1 aromatic heterocycles. The average molecular weight is 296 g/mol. The lowest BCUT2D eigenvalue weighted by molar-refractivity contribution is -0.137. The third-order valence-corrected chi connectivity index (χ3v) is 3.32. The Morgan fingerprint density at radius 1 is 1.25 bits per heavy atom. The van der Waals surface area contributed by atoms with Crippen LogP contribution in [0.1, 0.15) is 21.5 Å². The monoisotopic (exact) mass is 296 g/mol. The van der Waals surface area contributed by atoms with E-state index in [1.54, 1.807) is 5.38 Å².